The van der Waals surface area contributed by atoms with Gasteiger partial charge in [-0.25, -0.2) is 59.5 Å². The molecule has 4 aromatic carbocycles. The SMILES string of the molecule is O=C1c2cccc(c2)C(=O)N(c2ncccn2)C(=O)c2cccc(c2)C(=O)N(c2ncccn2)C(=O)c2cccc(c2)C(=O)N(c2ncccn2)C(=O)c2cccc(c2)C(=O)N1c1ncccn1. The lowest BCUT2D eigenvalue weighted by molar-refractivity contribution is 0.0879. The highest BCUT2D eigenvalue weighted by atomic mass is 16.2. The van der Waals surface area contributed by atoms with Gasteiger partial charge in [0.15, 0.2) is 0 Å². The van der Waals surface area contributed by atoms with Crippen molar-refractivity contribution in [3.05, 3.63) is 215 Å². The smallest absolute Gasteiger partial charge is 0.267 e. The molecular formula is C48H28N12O8. The topological polar surface area (TPSA) is 253 Å². The van der Waals surface area contributed by atoms with E-state index in [-0.39, 0.29) is 68.3 Å². The molecule has 328 valence electrons. The van der Waals surface area contributed by atoms with Crippen LogP contribution in [-0.2, 0) is 0 Å². The third-order valence-corrected chi connectivity index (χ3v) is 10.1. The van der Waals surface area contributed by atoms with Crippen LogP contribution in [0.2, 0.25) is 0 Å². The Morgan fingerprint density at radius 1 is 0.221 bits per heavy atom. The van der Waals surface area contributed by atoms with Gasteiger partial charge >= 0.3 is 0 Å². The first-order valence-electron chi connectivity index (χ1n) is 20.1. The van der Waals surface area contributed by atoms with E-state index >= 15 is 0 Å². The Hall–Kier alpha value is -10.2. The lowest BCUT2D eigenvalue weighted by atomic mass is 10.0. The number of nitrogens with zero attached hydrogens (tertiary/aromatic N) is 12. The first-order chi connectivity index (χ1) is 33.1. The summed E-state index contributed by atoms with van der Waals surface area (Å²) >= 11 is 0. The molecule has 9 rings (SSSR count). The molecule has 0 N–H and O–H groups in total. The van der Waals surface area contributed by atoms with Crippen LogP contribution in [0.4, 0.5) is 23.8 Å². The number of anilines is 4. The molecule has 0 unspecified atom stereocenters. The second-order valence-electron chi connectivity index (χ2n) is 14.3. The number of imide groups is 4. The lowest BCUT2D eigenvalue weighted by Gasteiger charge is -2.22. The van der Waals surface area contributed by atoms with E-state index in [0.29, 0.717) is 19.6 Å². The van der Waals surface area contributed by atoms with Crippen molar-refractivity contribution in [2.24, 2.45) is 0 Å². The third-order valence-electron chi connectivity index (χ3n) is 10.1. The molecule has 5 heterocycles. The van der Waals surface area contributed by atoms with Crippen molar-refractivity contribution < 1.29 is 38.4 Å². The van der Waals surface area contributed by atoms with Crippen LogP contribution in [-0.4, -0.2) is 87.1 Å². The number of rotatable bonds is 4. The van der Waals surface area contributed by atoms with E-state index < -0.39 is 47.3 Å². The van der Waals surface area contributed by atoms with Gasteiger partial charge in [-0.15, -0.1) is 0 Å². The molecule has 8 aromatic rings. The number of hydrogen-bond donors (Lipinski definition) is 0. The number of fused-ring (bicyclic) bond motifs is 8. The van der Waals surface area contributed by atoms with Crippen LogP contribution in [0.3, 0.4) is 0 Å². The van der Waals surface area contributed by atoms with Crippen LogP contribution in [0.1, 0.15) is 82.9 Å². The molecule has 4 aromatic heterocycles. The molecule has 1 aliphatic heterocycles. The normalized spacial score (nSPS) is 14.0. The minimum absolute atomic E-state index is 0.236. The van der Waals surface area contributed by atoms with Gasteiger partial charge in [0.05, 0.1) is 0 Å². The van der Waals surface area contributed by atoms with Crippen LogP contribution in [0.25, 0.3) is 0 Å². The minimum atomic E-state index is -1.02. The summed E-state index contributed by atoms with van der Waals surface area (Å²) in [4.78, 5) is 152. The van der Waals surface area contributed by atoms with E-state index in [4.69, 9.17) is 0 Å². The number of benzene rings is 4. The molecular weight excluding hydrogens is 873 g/mol. The zero-order valence-electron chi connectivity index (χ0n) is 34.8. The second-order valence-corrected chi connectivity index (χ2v) is 14.3. The largest absolute Gasteiger partial charge is 0.268 e. The van der Waals surface area contributed by atoms with Crippen LogP contribution >= 0.6 is 0 Å². The summed E-state index contributed by atoms with van der Waals surface area (Å²) < 4.78 is 0. The first kappa shape index (κ1) is 43.0. The van der Waals surface area contributed by atoms with Crippen LogP contribution in [0.15, 0.2) is 171 Å². The van der Waals surface area contributed by atoms with Crippen molar-refractivity contribution in [3.63, 3.8) is 0 Å². The Balaban J connectivity index is 1.24. The number of carbonyl (C=O) groups excluding carboxylic acids is 8. The molecule has 0 spiro atoms. The second kappa shape index (κ2) is 18.5. The molecule has 0 saturated carbocycles. The minimum Gasteiger partial charge on any atom is -0.268 e. The maximum Gasteiger partial charge on any atom is 0.267 e. The Morgan fingerprint density at radius 3 is 0.515 bits per heavy atom. The molecule has 20 nitrogen and oxygen atoms in total. The lowest BCUT2D eigenvalue weighted by Crippen LogP contribution is -2.41. The number of carbonyl (C=O) groups is 8. The van der Waals surface area contributed by atoms with E-state index in [2.05, 4.69) is 39.9 Å². The molecule has 0 fully saturated rings. The van der Waals surface area contributed by atoms with Gasteiger partial charge in [0.25, 0.3) is 47.3 Å². The summed E-state index contributed by atoms with van der Waals surface area (Å²) in [6.07, 6.45) is 10.3. The van der Waals surface area contributed by atoms with Gasteiger partial charge < -0.3 is 0 Å². The Labute approximate surface area is 383 Å². The summed E-state index contributed by atoms with van der Waals surface area (Å²) in [5.41, 5.74) is -1.89. The van der Waals surface area contributed by atoms with Gasteiger partial charge in [0, 0.05) is 94.1 Å². The van der Waals surface area contributed by atoms with Crippen molar-refractivity contribution in [2.45, 2.75) is 0 Å². The van der Waals surface area contributed by atoms with Gasteiger partial charge in [-0.1, -0.05) is 24.3 Å². The van der Waals surface area contributed by atoms with E-state index in [9.17, 15) is 38.4 Å². The van der Waals surface area contributed by atoms with E-state index in [1.807, 2.05) is 0 Å². The quantitative estimate of drug-likeness (QED) is 0.208. The van der Waals surface area contributed by atoms with Crippen molar-refractivity contribution >= 4 is 71.1 Å². The fraction of sp³-hybridized carbons (Fsp3) is 0. The summed E-state index contributed by atoms with van der Waals surface area (Å²) in [6.45, 7) is 0. The summed E-state index contributed by atoms with van der Waals surface area (Å²) in [5.74, 6) is -9.62. The summed E-state index contributed by atoms with van der Waals surface area (Å²) in [7, 11) is 0. The summed E-state index contributed by atoms with van der Waals surface area (Å²) in [6, 6.07) is 26.3. The number of hydrogen-bond acceptors (Lipinski definition) is 16. The third kappa shape index (κ3) is 8.32. The fourth-order valence-corrected chi connectivity index (χ4v) is 6.90. The summed E-state index contributed by atoms with van der Waals surface area (Å²) in [5, 5.41) is 0. The highest BCUT2D eigenvalue weighted by Crippen LogP contribution is 2.25. The first-order valence-corrected chi connectivity index (χ1v) is 20.1. The fourth-order valence-electron chi connectivity index (χ4n) is 6.90. The molecule has 1 aliphatic rings. The zero-order valence-corrected chi connectivity index (χ0v) is 34.8. The predicted octanol–water partition coefficient (Wildman–Crippen LogP) is 5.11. The zero-order chi connectivity index (χ0) is 47.3. The maximum atomic E-state index is 14.6. The molecule has 0 saturated heterocycles. The van der Waals surface area contributed by atoms with Crippen molar-refractivity contribution in [1.29, 1.82) is 0 Å². The Kier molecular flexibility index (Phi) is 11.7. The van der Waals surface area contributed by atoms with Gasteiger partial charge in [0.2, 0.25) is 23.8 Å². The van der Waals surface area contributed by atoms with Gasteiger partial charge in [0.1, 0.15) is 0 Å². The maximum absolute atomic E-state index is 14.6. The van der Waals surface area contributed by atoms with Crippen LogP contribution in [0.5, 0.6) is 0 Å². The molecule has 0 radical (unpaired) electrons. The van der Waals surface area contributed by atoms with Gasteiger partial charge in [-0.3, -0.25) is 38.4 Å². The van der Waals surface area contributed by atoms with Crippen molar-refractivity contribution in [3.8, 4) is 0 Å². The Morgan fingerprint density at radius 2 is 0.368 bits per heavy atom. The van der Waals surface area contributed by atoms with Gasteiger partial charge in [-0.2, -0.15) is 0 Å². The average molecular weight is 901 g/mol. The monoisotopic (exact) mass is 900 g/mol. The van der Waals surface area contributed by atoms with E-state index in [1.54, 1.807) is 0 Å². The van der Waals surface area contributed by atoms with Gasteiger partial charge in [-0.05, 0) is 97.1 Å². The standard InChI is InChI=1S/C48H28N12O8/c61-37-29-9-1-10-30(25-29)38(62)58(46-51-19-6-20-52-46)40(64)32-12-3-14-34(27-32)42(66)60(48-55-23-8-24-56-48)44(68)36-16-4-15-35(28-36)43(67)59(47-53-21-7-22-54-47)41(65)33-13-2-11-31(26-33)39(63)57(37)45-49-17-5-18-50-45/h1-28H. The predicted molar refractivity (Wildman–Crippen MR) is 238 cm³/mol. The number of aromatic nitrogens is 8. The average Bonchev–Trinajstić information content (AvgIpc) is 3.39. The van der Waals surface area contributed by atoms with Crippen molar-refractivity contribution in [1.82, 2.24) is 39.9 Å². The van der Waals surface area contributed by atoms with E-state index in [0.717, 1.165) is 24.3 Å². The number of amides is 8. The van der Waals surface area contributed by atoms with Crippen LogP contribution < -0.4 is 19.6 Å². The molecule has 8 bridgehead atoms. The highest BCUT2D eigenvalue weighted by Gasteiger charge is 2.35. The van der Waals surface area contributed by atoms with Crippen molar-refractivity contribution in [2.75, 3.05) is 19.6 Å². The molecule has 0 aliphatic carbocycles. The molecule has 20 heteroatoms. The Bertz CT molecular complexity index is 2760. The van der Waals surface area contributed by atoms with Crippen LogP contribution in [0, 0.1) is 0 Å². The molecule has 0 atom stereocenters. The van der Waals surface area contributed by atoms with E-state index in [1.165, 1.54) is 147 Å². The molecule has 68 heavy (non-hydrogen) atoms. The highest BCUT2D eigenvalue weighted by molar-refractivity contribution is 6.30. The molecule has 8 amide bonds.